The molecular formula is C17H24BF4NO. The van der Waals surface area contributed by atoms with Crippen LogP contribution < -0.4 is 4.90 Å². The summed E-state index contributed by atoms with van der Waals surface area (Å²) in [5, 5.41) is 1.21. The van der Waals surface area contributed by atoms with E-state index < -0.39 is 7.25 Å². The molecule has 0 bridgehead atoms. The van der Waals surface area contributed by atoms with Crippen LogP contribution in [0.2, 0.25) is 0 Å². The summed E-state index contributed by atoms with van der Waals surface area (Å²) >= 11 is 0. The van der Waals surface area contributed by atoms with Crippen molar-refractivity contribution in [3.8, 4) is 0 Å². The molecule has 0 unspecified atom stereocenters. The van der Waals surface area contributed by atoms with Crippen molar-refractivity contribution in [2.75, 3.05) is 18.0 Å². The summed E-state index contributed by atoms with van der Waals surface area (Å²) in [6.45, 7) is 12.9. The van der Waals surface area contributed by atoms with Gasteiger partial charge in [0.15, 0.2) is 0 Å². The highest BCUT2D eigenvalue weighted by atomic mass is 19.5. The largest absolute Gasteiger partial charge is 0.673 e. The van der Waals surface area contributed by atoms with Gasteiger partial charge in [0, 0.05) is 24.8 Å². The fourth-order valence-corrected chi connectivity index (χ4v) is 2.44. The molecule has 0 saturated carbocycles. The van der Waals surface area contributed by atoms with E-state index in [1.165, 1.54) is 16.6 Å². The summed E-state index contributed by atoms with van der Waals surface area (Å²) in [6.07, 6.45) is 0. The van der Waals surface area contributed by atoms with Crippen LogP contribution in [0.25, 0.3) is 11.0 Å². The minimum absolute atomic E-state index is 0.417. The van der Waals surface area contributed by atoms with Gasteiger partial charge in [0.25, 0.3) is 0 Å². The molecular weight excluding hydrogens is 321 g/mol. The molecule has 2 rings (SSSR count). The van der Waals surface area contributed by atoms with Crippen LogP contribution in [0.5, 0.6) is 0 Å². The van der Waals surface area contributed by atoms with Crippen LogP contribution in [-0.4, -0.2) is 20.3 Å². The zero-order valence-electron chi connectivity index (χ0n) is 14.7. The minimum atomic E-state index is -6.00. The molecule has 0 N–H and O–H groups in total. The number of nitrogens with zero attached hydrogens (tertiary/aromatic N) is 1. The normalized spacial score (nSPS) is 11.4. The van der Waals surface area contributed by atoms with E-state index in [1.807, 2.05) is 0 Å². The lowest BCUT2D eigenvalue weighted by molar-refractivity contribution is 0.368. The quantitative estimate of drug-likeness (QED) is 0.367. The third-order valence-corrected chi connectivity index (χ3v) is 3.67. The summed E-state index contributed by atoms with van der Waals surface area (Å²) < 4.78 is 45.1. The van der Waals surface area contributed by atoms with Gasteiger partial charge in [-0.3, -0.25) is 0 Å². The van der Waals surface area contributed by atoms with Crippen molar-refractivity contribution < 1.29 is 21.7 Å². The second-order valence-corrected chi connectivity index (χ2v) is 5.83. The third kappa shape index (κ3) is 6.02. The lowest BCUT2D eigenvalue weighted by Crippen LogP contribution is -2.21. The zero-order valence-corrected chi connectivity index (χ0v) is 14.7. The molecule has 0 spiro atoms. The first kappa shape index (κ1) is 20.3. The van der Waals surface area contributed by atoms with Crippen LogP contribution in [0, 0.1) is 6.92 Å². The van der Waals surface area contributed by atoms with Crippen molar-refractivity contribution >= 4 is 23.9 Å². The SMILES string of the molecule is CCN(CC)c1ccc2c(C)cc(C(C)C)[o+]c2c1.F[B-](F)(F)F. The van der Waals surface area contributed by atoms with Crippen molar-refractivity contribution in [1.29, 1.82) is 0 Å². The van der Waals surface area contributed by atoms with Crippen molar-refractivity contribution in [2.45, 2.75) is 40.5 Å². The van der Waals surface area contributed by atoms with Crippen LogP contribution in [-0.2, 0) is 0 Å². The van der Waals surface area contributed by atoms with Crippen molar-refractivity contribution in [3.05, 3.63) is 35.6 Å². The standard InChI is InChI=1S/C17H24NO.BF4/c1-6-18(7-2)14-8-9-15-13(5)10-16(12(3)4)19-17(15)11-14;2-1(3,4)5/h8-12H,6-7H2,1-5H3;/q+1;-1. The van der Waals surface area contributed by atoms with E-state index in [4.69, 9.17) is 4.42 Å². The summed E-state index contributed by atoms with van der Waals surface area (Å²) in [5.41, 5.74) is 3.52. The number of hydrogen-bond acceptors (Lipinski definition) is 1. The lowest BCUT2D eigenvalue weighted by Gasteiger charge is -2.20. The number of rotatable bonds is 4. The Morgan fingerprint density at radius 1 is 1.04 bits per heavy atom. The number of aryl methyl sites for hydroxylation is 1. The van der Waals surface area contributed by atoms with E-state index in [0.717, 1.165) is 24.4 Å². The molecule has 134 valence electrons. The first-order chi connectivity index (χ1) is 11.1. The van der Waals surface area contributed by atoms with E-state index in [1.54, 1.807) is 0 Å². The maximum atomic E-state index is 9.75. The van der Waals surface area contributed by atoms with E-state index in [0.29, 0.717) is 5.92 Å². The molecule has 2 nitrogen and oxygen atoms in total. The molecule has 1 aromatic heterocycles. The van der Waals surface area contributed by atoms with Crippen LogP contribution in [0.3, 0.4) is 0 Å². The Kier molecular flexibility index (Phi) is 7.05. The monoisotopic (exact) mass is 345 g/mol. The molecule has 1 aromatic carbocycles. The Morgan fingerprint density at radius 3 is 2.04 bits per heavy atom. The molecule has 0 radical (unpaired) electrons. The third-order valence-electron chi connectivity index (χ3n) is 3.67. The van der Waals surface area contributed by atoms with Gasteiger partial charge >= 0.3 is 18.6 Å². The topological polar surface area (TPSA) is 14.5 Å². The fourth-order valence-electron chi connectivity index (χ4n) is 2.44. The van der Waals surface area contributed by atoms with Gasteiger partial charge in [-0.1, -0.05) is 13.8 Å². The maximum absolute atomic E-state index is 9.75. The number of hydrogen-bond donors (Lipinski definition) is 0. The second-order valence-electron chi connectivity index (χ2n) is 5.83. The first-order valence-electron chi connectivity index (χ1n) is 8.06. The molecule has 0 aliphatic carbocycles. The summed E-state index contributed by atoms with van der Waals surface area (Å²) in [5.74, 6) is 1.47. The minimum Gasteiger partial charge on any atom is -0.418 e. The van der Waals surface area contributed by atoms with Crippen LogP contribution in [0.1, 0.15) is 44.9 Å². The van der Waals surface area contributed by atoms with E-state index in [2.05, 4.69) is 63.8 Å². The van der Waals surface area contributed by atoms with Gasteiger partial charge < -0.3 is 22.2 Å². The Labute approximate surface area is 140 Å². The molecule has 0 amide bonds. The van der Waals surface area contributed by atoms with Gasteiger partial charge in [-0.05, 0) is 38.5 Å². The molecule has 0 fully saturated rings. The van der Waals surface area contributed by atoms with Gasteiger partial charge in [0.1, 0.15) is 0 Å². The second kappa shape index (κ2) is 8.35. The molecule has 0 atom stereocenters. The molecule has 24 heavy (non-hydrogen) atoms. The lowest BCUT2D eigenvalue weighted by atomic mass is 10.1. The average Bonchev–Trinajstić information content (AvgIpc) is 2.46. The van der Waals surface area contributed by atoms with Crippen LogP contribution >= 0.6 is 0 Å². The van der Waals surface area contributed by atoms with Crippen molar-refractivity contribution in [1.82, 2.24) is 0 Å². The van der Waals surface area contributed by atoms with Gasteiger partial charge in [0.2, 0.25) is 0 Å². The molecule has 0 aliphatic heterocycles. The van der Waals surface area contributed by atoms with Gasteiger partial charge in [-0.25, -0.2) is 4.42 Å². The molecule has 7 heteroatoms. The number of anilines is 1. The number of benzene rings is 1. The molecule has 0 aliphatic rings. The molecule has 0 saturated heterocycles. The zero-order chi connectivity index (χ0) is 18.5. The fraction of sp³-hybridized carbons (Fsp3) is 0.471. The van der Waals surface area contributed by atoms with Gasteiger partial charge in [0.05, 0.1) is 17.4 Å². The maximum Gasteiger partial charge on any atom is 0.673 e. The van der Waals surface area contributed by atoms with Gasteiger partial charge in [-0.2, -0.15) is 0 Å². The predicted octanol–water partition coefficient (Wildman–Crippen LogP) is 6.29. The Hall–Kier alpha value is -1.79. The average molecular weight is 345 g/mol. The van der Waals surface area contributed by atoms with E-state index >= 15 is 0 Å². The summed E-state index contributed by atoms with van der Waals surface area (Å²) in [4.78, 5) is 2.34. The van der Waals surface area contributed by atoms with E-state index in [9.17, 15) is 17.3 Å². The van der Waals surface area contributed by atoms with E-state index in [-0.39, 0.29) is 0 Å². The number of halogens is 4. The Morgan fingerprint density at radius 2 is 1.58 bits per heavy atom. The highest BCUT2D eigenvalue weighted by Gasteiger charge is 2.21. The van der Waals surface area contributed by atoms with Crippen LogP contribution in [0.4, 0.5) is 23.0 Å². The number of fused-ring (bicyclic) bond motifs is 1. The smallest absolute Gasteiger partial charge is 0.418 e. The molecule has 1 heterocycles. The predicted molar refractivity (Wildman–Crippen MR) is 93.2 cm³/mol. The molecule has 2 aromatic rings. The van der Waals surface area contributed by atoms with Gasteiger partial charge in [-0.15, -0.1) is 0 Å². The Bertz CT molecular complexity index is 663. The Balaban J connectivity index is 0.000000505. The van der Waals surface area contributed by atoms with Crippen molar-refractivity contribution in [2.24, 2.45) is 0 Å². The highest BCUT2D eigenvalue weighted by Crippen LogP contribution is 2.28. The summed E-state index contributed by atoms with van der Waals surface area (Å²) in [7, 11) is -6.00. The summed E-state index contributed by atoms with van der Waals surface area (Å²) in [6, 6.07) is 8.68. The first-order valence-corrected chi connectivity index (χ1v) is 8.06. The highest BCUT2D eigenvalue weighted by molar-refractivity contribution is 6.50. The van der Waals surface area contributed by atoms with Crippen molar-refractivity contribution in [3.63, 3.8) is 0 Å². The van der Waals surface area contributed by atoms with Crippen LogP contribution in [0.15, 0.2) is 28.7 Å².